The number of ether oxygens (including phenoxy) is 1. The van der Waals surface area contributed by atoms with Gasteiger partial charge >= 0.3 is 0 Å². The second-order valence-corrected chi connectivity index (χ2v) is 6.59. The van der Waals surface area contributed by atoms with E-state index < -0.39 is 6.10 Å². The van der Waals surface area contributed by atoms with Gasteiger partial charge in [-0.05, 0) is 70.1 Å². The van der Waals surface area contributed by atoms with Crippen LogP contribution in [0.25, 0.3) is 0 Å². The zero-order chi connectivity index (χ0) is 15.5. The summed E-state index contributed by atoms with van der Waals surface area (Å²) in [6.07, 6.45) is 5.06. The Morgan fingerprint density at radius 1 is 1.33 bits per heavy atom. The Morgan fingerprint density at radius 3 is 2.76 bits per heavy atom. The van der Waals surface area contributed by atoms with E-state index >= 15 is 0 Å². The molecule has 0 heterocycles. The average Bonchev–Trinajstić information content (AvgIpc) is 2.47. The Balaban J connectivity index is 2.06. The van der Waals surface area contributed by atoms with Crippen LogP contribution in [-0.4, -0.2) is 17.6 Å². The minimum atomic E-state index is -0.468. The quantitative estimate of drug-likeness (QED) is 0.898. The van der Waals surface area contributed by atoms with Crippen LogP contribution in [-0.2, 0) is 17.6 Å². The molecule has 1 atom stereocenters. The van der Waals surface area contributed by atoms with E-state index in [1.165, 1.54) is 24.0 Å². The SMILES string of the molecule is CCC(C)(C)NC(=O)C(C)Oc1cccc2c1CCCC2. The van der Waals surface area contributed by atoms with Crippen LogP contribution in [0, 0.1) is 0 Å². The van der Waals surface area contributed by atoms with Crippen molar-refractivity contribution in [2.45, 2.75) is 71.4 Å². The number of carbonyl (C=O) groups is 1. The molecule has 1 amide bonds. The minimum Gasteiger partial charge on any atom is -0.481 e. The minimum absolute atomic E-state index is 0.0461. The maximum absolute atomic E-state index is 12.3. The van der Waals surface area contributed by atoms with Crippen molar-refractivity contribution in [2.75, 3.05) is 0 Å². The van der Waals surface area contributed by atoms with Crippen LogP contribution in [0.3, 0.4) is 0 Å². The Hall–Kier alpha value is -1.51. The van der Waals surface area contributed by atoms with Crippen molar-refractivity contribution in [3.05, 3.63) is 29.3 Å². The van der Waals surface area contributed by atoms with Gasteiger partial charge in [0.15, 0.2) is 6.10 Å². The molecular formula is C18H27NO2. The van der Waals surface area contributed by atoms with Crippen LogP contribution < -0.4 is 10.1 Å². The summed E-state index contributed by atoms with van der Waals surface area (Å²) in [5, 5.41) is 3.04. The molecule has 0 radical (unpaired) electrons. The highest BCUT2D eigenvalue weighted by atomic mass is 16.5. The molecule has 1 aromatic rings. The van der Waals surface area contributed by atoms with Crippen molar-refractivity contribution in [2.24, 2.45) is 0 Å². The van der Waals surface area contributed by atoms with Gasteiger partial charge < -0.3 is 10.1 Å². The zero-order valence-electron chi connectivity index (χ0n) is 13.7. The van der Waals surface area contributed by atoms with Crippen molar-refractivity contribution in [1.29, 1.82) is 0 Å². The molecule has 1 unspecified atom stereocenters. The van der Waals surface area contributed by atoms with Crippen LogP contribution in [0.4, 0.5) is 0 Å². The number of amides is 1. The lowest BCUT2D eigenvalue weighted by atomic mass is 9.91. The van der Waals surface area contributed by atoms with Crippen LogP contribution in [0.2, 0.25) is 0 Å². The number of benzene rings is 1. The first kappa shape index (κ1) is 15.9. The van der Waals surface area contributed by atoms with E-state index in [1.54, 1.807) is 0 Å². The predicted octanol–water partition coefficient (Wildman–Crippen LogP) is 3.64. The highest BCUT2D eigenvalue weighted by Gasteiger charge is 2.24. The summed E-state index contributed by atoms with van der Waals surface area (Å²) in [5.41, 5.74) is 2.48. The number of nitrogens with one attached hydrogen (secondary N) is 1. The molecule has 1 N–H and O–H groups in total. The molecule has 0 bridgehead atoms. The van der Waals surface area contributed by atoms with Gasteiger partial charge in [-0.3, -0.25) is 4.79 Å². The van der Waals surface area contributed by atoms with E-state index in [9.17, 15) is 4.79 Å². The maximum Gasteiger partial charge on any atom is 0.261 e. The first-order valence-electron chi connectivity index (χ1n) is 8.02. The molecule has 21 heavy (non-hydrogen) atoms. The summed E-state index contributed by atoms with van der Waals surface area (Å²) in [4.78, 5) is 12.3. The lowest BCUT2D eigenvalue weighted by Gasteiger charge is -2.27. The molecule has 3 nitrogen and oxygen atoms in total. The molecule has 2 rings (SSSR count). The third kappa shape index (κ3) is 3.99. The zero-order valence-corrected chi connectivity index (χ0v) is 13.7. The molecule has 1 aromatic carbocycles. The summed E-state index contributed by atoms with van der Waals surface area (Å²) in [5.74, 6) is 0.833. The average molecular weight is 289 g/mol. The summed E-state index contributed by atoms with van der Waals surface area (Å²) in [6, 6.07) is 6.19. The highest BCUT2D eigenvalue weighted by Crippen LogP contribution is 2.30. The van der Waals surface area contributed by atoms with E-state index in [1.807, 2.05) is 32.9 Å². The predicted molar refractivity (Wildman–Crippen MR) is 85.7 cm³/mol. The van der Waals surface area contributed by atoms with Crippen molar-refractivity contribution < 1.29 is 9.53 Å². The van der Waals surface area contributed by atoms with Gasteiger partial charge in [-0.1, -0.05) is 19.1 Å². The van der Waals surface area contributed by atoms with E-state index in [2.05, 4.69) is 18.3 Å². The van der Waals surface area contributed by atoms with Crippen LogP contribution in [0.5, 0.6) is 5.75 Å². The Labute approximate surface area is 128 Å². The number of hydrogen-bond acceptors (Lipinski definition) is 2. The summed E-state index contributed by atoms with van der Waals surface area (Å²) in [6.45, 7) is 7.95. The molecule has 1 aliphatic carbocycles. The first-order valence-corrected chi connectivity index (χ1v) is 8.02. The maximum atomic E-state index is 12.3. The van der Waals surface area contributed by atoms with Crippen LogP contribution >= 0.6 is 0 Å². The smallest absolute Gasteiger partial charge is 0.261 e. The van der Waals surface area contributed by atoms with Gasteiger partial charge in [-0.2, -0.15) is 0 Å². The number of fused-ring (bicyclic) bond motifs is 1. The van der Waals surface area contributed by atoms with Gasteiger partial charge in [0.05, 0.1) is 0 Å². The van der Waals surface area contributed by atoms with E-state index in [0.29, 0.717) is 0 Å². The molecule has 0 aliphatic heterocycles. The molecule has 3 heteroatoms. The molecule has 0 spiro atoms. The van der Waals surface area contributed by atoms with E-state index in [-0.39, 0.29) is 11.4 Å². The topological polar surface area (TPSA) is 38.3 Å². The van der Waals surface area contributed by atoms with E-state index in [0.717, 1.165) is 25.0 Å². The Bertz CT molecular complexity index is 508. The second-order valence-electron chi connectivity index (χ2n) is 6.59. The number of hydrogen-bond donors (Lipinski definition) is 1. The Morgan fingerprint density at radius 2 is 2.05 bits per heavy atom. The van der Waals surface area contributed by atoms with Crippen molar-refractivity contribution in [3.63, 3.8) is 0 Å². The monoisotopic (exact) mass is 289 g/mol. The Kier molecular flexibility index (Phi) is 4.92. The van der Waals surface area contributed by atoms with Gasteiger partial charge in [0.2, 0.25) is 0 Å². The van der Waals surface area contributed by atoms with Crippen molar-refractivity contribution in [3.8, 4) is 5.75 Å². The third-order valence-corrected chi connectivity index (χ3v) is 4.37. The highest BCUT2D eigenvalue weighted by molar-refractivity contribution is 5.81. The molecular weight excluding hydrogens is 262 g/mol. The lowest BCUT2D eigenvalue weighted by molar-refractivity contribution is -0.129. The van der Waals surface area contributed by atoms with Crippen LogP contribution in [0.1, 0.15) is 58.1 Å². The number of carbonyl (C=O) groups excluding carboxylic acids is 1. The summed E-state index contributed by atoms with van der Waals surface area (Å²) >= 11 is 0. The second kappa shape index (κ2) is 6.50. The molecule has 0 saturated heterocycles. The fraction of sp³-hybridized carbons (Fsp3) is 0.611. The fourth-order valence-electron chi connectivity index (χ4n) is 2.62. The normalized spacial score (nSPS) is 16.0. The molecule has 0 fully saturated rings. The van der Waals surface area contributed by atoms with Crippen LogP contribution in [0.15, 0.2) is 18.2 Å². The van der Waals surface area contributed by atoms with Gasteiger partial charge in [0.1, 0.15) is 5.75 Å². The molecule has 1 aliphatic rings. The fourth-order valence-corrected chi connectivity index (χ4v) is 2.62. The van der Waals surface area contributed by atoms with Gasteiger partial charge in [-0.15, -0.1) is 0 Å². The molecule has 116 valence electrons. The van der Waals surface area contributed by atoms with Crippen molar-refractivity contribution >= 4 is 5.91 Å². The lowest BCUT2D eigenvalue weighted by Crippen LogP contribution is -2.48. The number of rotatable bonds is 5. The van der Waals surface area contributed by atoms with Gasteiger partial charge in [0.25, 0.3) is 5.91 Å². The molecule has 0 saturated carbocycles. The van der Waals surface area contributed by atoms with E-state index in [4.69, 9.17) is 4.74 Å². The van der Waals surface area contributed by atoms with Crippen molar-refractivity contribution in [1.82, 2.24) is 5.32 Å². The standard InChI is InChI=1S/C18H27NO2/c1-5-18(3,4)19-17(20)13(2)21-16-12-8-10-14-9-6-7-11-15(14)16/h8,10,12-13H,5-7,9,11H2,1-4H3,(H,19,20). The summed E-state index contributed by atoms with van der Waals surface area (Å²) in [7, 11) is 0. The third-order valence-electron chi connectivity index (χ3n) is 4.37. The summed E-state index contributed by atoms with van der Waals surface area (Å²) < 4.78 is 5.95. The largest absolute Gasteiger partial charge is 0.481 e. The first-order chi connectivity index (χ1) is 9.93. The number of aryl methyl sites for hydroxylation is 1. The molecule has 0 aromatic heterocycles. The van der Waals surface area contributed by atoms with Gasteiger partial charge in [-0.25, -0.2) is 0 Å². The van der Waals surface area contributed by atoms with Gasteiger partial charge in [0, 0.05) is 5.54 Å².